The minimum absolute atomic E-state index is 0.557. The molecule has 0 unspecified atom stereocenters. The second-order valence-corrected chi connectivity index (χ2v) is 7.80. The van der Waals surface area contributed by atoms with Gasteiger partial charge < -0.3 is 15.1 Å². The van der Waals surface area contributed by atoms with Crippen molar-refractivity contribution in [1.29, 1.82) is 0 Å². The summed E-state index contributed by atoms with van der Waals surface area (Å²) in [6, 6.07) is 0. The first kappa shape index (κ1) is 17.2. The van der Waals surface area contributed by atoms with Crippen LogP contribution >= 0.6 is 0 Å². The van der Waals surface area contributed by atoms with Crippen molar-refractivity contribution in [2.24, 2.45) is 11.3 Å². The van der Waals surface area contributed by atoms with Crippen molar-refractivity contribution in [3.63, 3.8) is 0 Å². The molecule has 1 aliphatic heterocycles. The van der Waals surface area contributed by atoms with Crippen LogP contribution in [0.25, 0.3) is 0 Å². The number of rotatable bonds is 7. The summed E-state index contributed by atoms with van der Waals surface area (Å²) in [5.41, 5.74) is 0.557. The van der Waals surface area contributed by atoms with Crippen LogP contribution in [0.4, 0.5) is 0 Å². The van der Waals surface area contributed by atoms with Crippen molar-refractivity contribution in [1.82, 2.24) is 15.1 Å². The van der Waals surface area contributed by atoms with E-state index in [-0.39, 0.29) is 0 Å². The van der Waals surface area contributed by atoms with E-state index in [4.69, 9.17) is 0 Å². The molecule has 0 radical (unpaired) electrons. The second kappa shape index (κ2) is 8.50. The molecular formula is C18H37N3. The van der Waals surface area contributed by atoms with E-state index in [1.807, 2.05) is 0 Å². The fourth-order valence-corrected chi connectivity index (χ4v) is 4.06. The molecule has 0 atom stereocenters. The highest BCUT2D eigenvalue weighted by atomic mass is 15.3. The summed E-state index contributed by atoms with van der Waals surface area (Å²) >= 11 is 0. The van der Waals surface area contributed by atoms with Crippen LogP contribution in [0.5, 0.6) is 0 Å². The van der Waals surface area contributed by atoms with E-state index >= 15 is 0 Å². The second-order valence-electron chi connectivity index (χ2n) is 7.80. The van der Waals surface area contributed by atoms with Gasteiger partial charge >= 0.3 is 0 Å². The van der Waals surface area contributed by atoms with Crippen LogP contribution in [-0.4, -0.2) is 62.2 Å². The van der Waals surface area contributed by atoms with Crippen LogP contribution in [0, 0.1) is 11.3 Å². The molecule has 1 heterocycles. The molecule has 2 aliphatic rings. The molecule has 0 amide bonds. The summed E-state index contributed by atoms with van der Waals surface area (Å²) in [6.07, 6.45) is 7.21. The first-order valence-electron chi connectivity index (χ1n) is 9.29. The number of hydrogen-bond donors (Lipinski definition) is 1. The van der Waals surface area contributed by atoms with E-state index < -0.39 is 0 Å². The summed E-state index contributed by atoms with van der Waals surface area (Å²) in [5.74, 6) is 0.763. The highest BCUT2D eigenvalue weighted by Crippen LogP contribution is 2.36. The highest BCUT2D eigenvalue weighted by molar-refractivity contribution is 4.89. The van der Waals surface area contributed by atoms with E-state index in [2.05, 4.69) is 35.9 Å². The smallest absolute Gasteiger partial charge is 0.0110 e. The van der Waals surface area contributed by atoms with Crippen LogP contribution < -0.4 is 5.32 Å². The number of nitrogens with one attached hydrogen (secondary N) is 1. The molecule has 3 heteroatoms. The van der Waals surface area contributed by atoms with Crippen LogP contribution in [0.1, 0.15) is 52.9 Å². The maximum Gasteiger partial charge on any atom is 0.0110 e. The van der Waals surface area contributed by atoms with Gasteiger partial charge in [0.2, 0.25) is 0 Å². The molecule has 0 aromatic rings. The van der Waals surface area contributed by atoms with Crippen LogP contribution in [-0.2, 0) is 0 Å². The Morgan fingerprint density at radius 2 is 1.57 bits per heavy atom. The molecule has 0 spiro atoms. The lowest BCUT2D eigenvalue weighted by atomic mass is 9.73. The van der Waals surface area contributed by atoms with Crippen molar-refractivity contribution in [3.8, 4) is 0 Å². The predicted molar refractivity (Wildman–Crippen MR) is 91.8 cm³/mol. The summed E-state index contributed by atoms with van der Waals surface area (Å²) in [5, 5.41) is 3.77. The van der Waals surface area contributed by atoms with E-state index in [1.54, 1.807) is 0 Å². The molecule has 2 rings (SSSR count). The van der Waals surface area contributed by atoms with Crippen molar-refractivity contribution in [2.75, 3.05) is 52.4 Å². The van der Waals surface area contributed by atoms with Gasteiger partial charge in [-0.1, -0.05) is 40.0 Å². The zero-order valence-corrected chi connectivity index (χ0v) is 14.7. The predicted octanol–water partition coefficient (Wildman–Crippen LogP) is 2.82. The van der Waals surface area contributed by atoms with Gasteiger partial charge in [0, 0.05) is 39.3 Å². The summed E-state index contributed by atoms with van der Waals surface area (Å²) in [7, 11) is 0. The first-order valence-corrected chi connectivity index (χ1v) is 9.29. The van der Waals surface area contributed by atoms with Gasteiger partial charge in [0.15, 0.2) is 0 Å². The Morgan fingerprint density at radius 3 is 2.14 bits per heavy atom. The Kier molecular flexibility index (Phi) is 6.97. The number of likely N-dealkylation sites (N-methyl/N-ethyl adjacent to an activating group) is 1. The quantitative estimate of drug-likeness (QED) is 0.779. The molecule has 2 fully saturated rings. The van der Waals surface area contributed by atoms with Gasteiger partial charge in [0.05, 0.1) is 0 Å². The molecule has 3 nitrogen and oxygen atoms in total. The van der Waals surface area contributed by atoms with Gasteiger partial charge in [-0.2, -0.15) is 0 Å². The van der Waals surface area contributed by atoms with Gasteiger partial charge in [0.1, 0.15) is 0 Å². The van der Waals surface area contributed by atoms with Gasteiger partial charge in [-0.25, -0.2) is 0 Å². The Hall–Kier alpha value is -0.120. The molecule has 0 bridgehead atoms. The van der Waals surface area contributed by atoms with Gasteiger partial charge in [-0.15, -0.1) is 0 Å². The maximum atomic E-state index is 3.77. The number of piperazine rings is 1. The first-order chi connectivity index (χ1) is 10.1. The molecule has 0 aromatic carbocycles. The average Bonchev–Trinajstić information content (AvgIpc) is 2.48. The third-order valence-electron chi connectivity index (χ3n) is 5.44. The standard InChI is InChI=1S/C18H37N3/c1-4-20-10-12-21(13-11-20)16-18(8-6-5-7-9-18)15-19-14-17(2)3/h17,19H,4-16H2,1-3H3. The summed E-state index contributed by atoms with van der Waals surface area (Å²) in [4.78, 5) is 5.33. The lowest BCUT2D eigenvalue weighted by Gasteiger charge is -2.44. The van der Waals surface area contributed by atoms with E-state index in [1.165, 1.54) is 84.5 Å². The largest absolute Gasteiger partial charge is 0.316 e. The molecule has 1 aliphatic carbocycles. The van der Waals surface area contributed by atoms with Gasteiger partial charge in [0.25, 0.3) is 0 Å². The Balaban J connectivity index is 1.84. The van der Waals surface area contributed by atoms with E-state index in [0.717, 1.165) is 5.92 Å². The van der Waals surface area contributed by atoms with Gasteiger partial charge in [-0.3, -0.25) is 0 Å². The normalized spacial score (nSPS) is 24.6. The molecule has 0 aromatic heterocycles. The lowest BCUT2D eigenvalue weighted by Crippen LogP contribution is -2.52. The monoisotopic (exact) mass is 295 g/mol. The van der Waals surface area contributed by atoms with Crippen LogP contribution in [0.3, 0.4) is 0 Å². The number of nitrogens with zero attached hydrogens (tertiary/aromatic N) is 2. The zero-order chi connectivity index (χ0) is 15.1. The van der Waals surface area contributed by atoms with Crippen molar-refractivity contribution in [3.05, 3.63) is 0 Å². The molecule has 1 saturated carbocycles. The SMILES string of the molecule is CCN1CCN(CC2(CNCC(C)C)CCCCC2)CC1. The van der Waals surface area contributed by atoms with Crippen molar-refractivity contribution in [2.45, 2.75) is 52.9 Å². The summed E-state index contributed by atoms with van der Waals surface area (Å²) in [6.45, 7) is 17.0. The molecule has 1 N–H and O–H groups in total. The Bertz CT molecular complexity index is 276. The average molecular weight is 296 g/mol. The van der Waals surface area contributed by atoms with Crippen molar-refractivity contribution < 1.29 is 0 Å². The molecule has 124 valence electrons. The highest BCUT2D eigenvalue weighted by Gasteiger charge is 2.34. The minimum Gasteiger partial charge on any atom is -0.316 e. The topological polar surface area (TPSA) is 18.5 Å². The van der Waals surface area contributed by atoms with Gasteiger partial charge in [-0.05, 0) is 37.3 Å². The Labute approximate surface area is 132 Å². The zero-order valence-electron chi connectivity index (χ0n) is 14.7. The van der Waals surface area contributed by atoms with E-state index in [0.29, 0.717) is 5.41 Å². The summed E-state index contributed by atoms with van der Waals surface area (Å²) < 4.78 is 0. The molecule has 1 saturated heterocycles. The maximum absolute atomic E-state index is 3.77. The number of hydrogen-bond acceptors (Lipinski definition) is 3. The molecular weight excluding hydrogens is 258 g/mol. The Morgan fingerprint density at radius 1 is 0.952 bits per heavy atom. The van der Waals surface area contributed by atoms with Crippen LogP contribution in [0.2, 0.25) is 0 Å². The van der Waals surface area contributed by atoms with Crippen molar-refractivity contribution >= 4 is 0 Å². The fraction of sp³-hybridized carbons (Fsp3) is 1.00. The van der Waals surface area contributed by atoms with E-state index in [9.17, 15) is 0 Å². The third-order valence-corrected chi connectivity index (χ3v) is 5.44. The van der Waals surface area contributed by atoms with Crippen LogP contribution in [0.15, 0.2) is 0 Å². The third kappa shape index (κ3) is 5.54. The fourth-order valence-electron chi connectivity index (χ4n) is 4.06. The minimum atomic E-state index is 0.557. The lowest BCUT2D eigenvalue weighted by molar-refractivity contribution is 0.0633. The molecule has 21 heavy (non-hydrogen) atoms.